The van der Waals surface area contributed by atoms with E-state index in [0.717, 1.165) is 34.5 Å². The van der Waals surface area contributed by atoms with Gasteiger partial charge in [-0.05, 0) is 37.4 Å². The fourth-order valence-electron chi connectivity index (χ4n) is 3.06. The van der Waals surface area contributed by atoms with Crippen molar-refractivity contribution in [3.8, 4) is 0 Å². The highest BCUT2D eigenvalue weighted by Crippen LogP contribution is 2.31. The Bertz CT molecular complexity index is 515. The summed E-state index contributed by atoms with van der Waals surface area (Å²) in [4.78, 5) is 4.54. The average Bonchev–Trinajstić information content (AvgIpc) is 3.12. The molecule has 1 saturated carbocycles. The van der Waals surface area contributed by atoms with Crippen LogP contribution < -0.4 is 5.32 Å². The number of hydrogen-bond acceptors (Lipinski definition) is 4. The largest absolute Gasteiger partial charge is 0.431 e. The molecule has 3 nitrogen and oxygen atoms in total. The van der Waals surface area contributed by atoms with Gasteiger partial charge in [-0.2, -0.15) is 0 Å². The van der Waals surface area contributed by atoms with E-state index in [1.54, 1.807) is 11.8 Å². The van der Waals surface area contributed by atoms with Gasteiger partial charge in [-0.1, -0.05) is 43.7 Å². The molecule has 1 fully saturated rings. The molecule has 1 aromatic carbocycles. The van der Waals surface area contributed by atoms with Gasteiger partial charge in [0.15, 0.2) is 5.58 Å². The molecule has 0 spiro atoms. The summed E-state index contributed by atoms with van der Waals surface area (Å²) >= 11 is 1.74. The Morgan fingerprint density at radius 3 is 2.90 bits per heavy atom. The monoisotopic (exact) mass is 290 g/mol. The average molecular weight is 290 g/mol. The number of aromatic nitrogens is 1. The van der Waals surface area contributed by atoms with Crippen LogP contribution in [0.15, 0.2) is 33.9 Å². The van der Waals surface area contributed by atoms with Crippen molar-refractivity contribution in [1.82, 2.24) is 10.3 Å². The van der Waals surface area contributed by atoms with Gasteiger partial charge in [0.05, 0.1) is 0 Å². The zero-order valence-electron chi connectivity index (χ0n) is 12.0. The minimum Gasteiger partial charge on any atom is -0.431 e. The number of para-hydroxylation sites is 2. The SMILES string of the molecule is CCNC(CSc1nc2ccccc2o1)C1CCCC1. The van der Waals surface area contributed by atoms with Gasteiger partial charge in [-0.15, -0.1) is 0 Å². The van der Waals surface area contributed by atoms with Gasteiger partial charge in [0.1, 0.15) is 5.52 Å². The highest BCUT2D eigenvalue weighted by atomic mass is 32.2. The van der Waals surface area contributed by atoms with E-state index >= 15 is 0 Å². The topological polar surface area (TPSA) is 38.1 Å². The fraction of sp³-hybridized carbons (Fsp3) is 0.562. The van der Waals surface area contributed by atoms with E-state index in [2.05, 4.69) is 17.2 Å². The number of nitrogens with zero attached hydrogens (tertiary/aromatic N) is 1. The molecule has 0 bridgehead atoms. The molecule has 2 aromatic rings. The number of thioether (sulfide) groups is 1. The first-order valence-corrected chi connectivity index (χ1v) is 8.57. The molecule has 3 rings (SSSR count). The number of hydrogen-bond donors (Lipinski definition) is 1. The molecule has 1 N–H and O–H groups in total. The van der Waals surface area contributed by atoms with Crippen LogP contribution in [0.2, 0.25) is 0 Å². The molecule has 1 aliphatic carbocycles. The van der Waals surface area contributed by atoms with Crippen LogP contribution in [-0.2, 0) is 0 Å². The van der Waals surface area contributed by atoms with Crippen molar-refractivity contribution in [2.45, 2.75) is 43.9 Å². The summed E-state index contributed by atoms with van der Waals surface area (Å²) in [7, 11) is 0. The zero-order valence-corrected chi connectivity index (χ0v) is 12.8. The highest BCUT2D eigenvalue weighted by molar-refractivity contribution is 7.99. The van der Waals surface area contributed by atoms with Gasteiger partial charge in [0.2, 0.25) is 0 Å². The lowest BCUT2D eigenvalue weighted by Crippen LogP contribution is -2.37. The van der Waals surface area contributed by atoms with Gasteiger partial charge >= 0.3 is 0 Å². The van der Waals surface area contributed by atoms with Crippen molar-refractivity contribution in [2.24, 2.45) is 5.92 Å². The summed E-state index contributed by atoms with van der Waals surface area (Å²) in [5.41, 5.74) is 1.84. The summed E-state index contributed by atoms with van der Waals surface area (Å²) in [6.45, 7) is 3.22. The minimum atomic E-state index is 0.586. The van der Waals surface area contributed by atoms with E-state index in [1.165, 1.54) is 25.7 Å². The summed E-state index contributed by atoms with van der Waals surface area (Å²) in [5, 5.41) is 4.44. The Morgan fingerprint density at radius 1 is 1.35 bits per heavy atom. The van der Waals surface area contributed by atoms with Crippen LogP contribution in [0.3, 0.4) is 0 Å². The molecular formula is C16H22N2OS. The maximum Gasteiger partial charge on any atom is 0.256 e. The lowest BCUT2D eigenvalue weighted by Gasteiger charge is -2.23. The Kier molecular flexibility index (Phi) is 4.63. The Morgan fingerprint density at radius 2 is 2.15 bits per heavy atom. The van der Waals surface area contributed by atoms with Crippen molar-refractivity contribution in [1.29, 1.82) is 0 Å². The van der Waals surface area contributed by atoms with Crippen LogP contribution in [0.4, 0.5) is 0 Å². The molecule has 0 saturated heterocycles. The lowest BCUT2D eigenvalue weighted by atomic mass is 10.00. The van der Waals surface area contributed by atoms with Crippen LogP contribution in [0.1, 0.15) is 32.6 Å². The number of oxazole rings is 1. The van der Waals surface area contributed by atoms with E-state index in [4.69, 9.17) is 4.42 Å². The smallest absolute Gasteiger partial charge is 0.256 e. The molecule has 0 aliphatic heterocycles. The van der Waals surface area contributed by atoms with E-state index in [9.17, 15) is 0 Å². The maximum atomic E-state index is 5.78. The molecule has 1 aromatic heterocycles. The second kappa shape index (κ2) is 6.64. The Balaban J connectivity index is 1.63. The first-order valence-electron chi connectivity index (χ1n) is 7.58. The van der Waals surface area contributed by atoms with Crippen LogP contribution in [0, 0.1) is 5.92 Å². The summed E-state index contributed by atoms with van der Waals surface area (Å²) in [6.07, 6.45) is 5.51. The zero-order chi connectivity index (χ0) is 13.8. The normalized spacial score (nSPS) is 17.9. The Hall–Kier alpha value is -1.00. The number of fused-ring (bicyclic) bond motifs is 1. The van der Waals surface area contributed by atoms with E-state index < -0.39 is 0 Å². The lowest BCUT2D eigenvalue weighted by molar-refractivity contribution is 0.393. The van der Waals surface area contributed by atoms with Crippen LogP contribution >= 0.6 is 11.8 Å². The van der Waals surface area contributed by atoms with Crippen molar-refractivity contribution in [3.63, 3.8) is 0 Å². The first kappa shape index (κ1) is 14.0. The second-order valence-electron chi connectivity index (χ2n) is 5.47. The molecule has 1 unspecified atom stereocenters. The molecule has 1 heterocycles. The summed E-state index contributed by atoms with van der Waals surface area (Å²) < 4.78 is 5.78. The van der Waals surface area contributed by atoms with Gasteiger partial charge in [-0.25, -0.2) is 4.98 Å². The second-order valence-corrected chi connectivity index (χ2v) is 6.44. The first-order chi connectivity index (χ1) is 9.86. The van der Waals surface area contributed by atoms with Gasteiger partial charge < -0.3 is 9.73 Å². The van der Waals surface area contributed by atoms with Crippen LogP contribution in [0.25, 0.3) is 11.1 Å². The predicted octanol–water partition coefficient (Wildman–Crippen LogP) is 4.09. The molecule has 0 radical (unpaired) electrons. The van der Waals surface area contributed by atoms with Crippen LogP contribution in [-0.4, -0.2) is 23.3 Å². The number of nitrogens with one attached hydrogen (secondary N) is 1. The van der Waals surface area contributed by atoms with E-state index in [0.29, 0.717) is 6.04 Å². The van der Waals surface area contributed by atoms with Crippen molar-refractivity contribution in [2.75, 3.05) is 12.3 Å². The summed E-state index contributed by atoms with van der Waals surface area (Å²) in [5.74, 6) is 1.87. The molecule has 1 atom stereocenters. The standard InChI is InChI=1S/C16H22N2OS/c1-2-17-14(12-7-3-4-8-12)11-20-16-18-13-9-5-6-10-15(13)19-16/h5-6,9-10,12,14,17H,2-4,7-8,11H2,1H3. The minimum absolute atomic E-state index is 0.586. The molecule has 1 aliphatic rings. The molecule has 20 heavy (non-hydrogen) atoms. The molecular weight excluding hydrogens is 268 g/mol. The van der Waals surface area contributed by atoms with Crippen molar-refractivity contribution >= 4 is 22.9 Å². The summed E-state index contributed by atoms with van der Waals surface area (Å²) in [6, 6.07) is 8.55. The predicted molar refractivity (Wildman–Crippen MR) is 84.2 cm³/mol. The number of rotatable bonds is 6. The van der Waals surface area contributed by atoms with Crippen molar-refractivity contribution < 1.29 is 4.42 Å². The van der Waals surface area contributed by atoms with E-state index in [1.807, 2.05) is 24.3 Å². The maximum absolute atomic E-state index is 5.78. The molecule has 0 amide bonds. The van der Waals surface area contributed by atoms with Gasteiger partial charge in [-0.3, -0.25) is 0 Å². The Labute approximate surface area is 124 Å². The third-order valence-electron chi connectivity index (χ3n) is 4.10. The quantitative estimate of drug-likeness (QED) is 0.813. The molecule has 4 heteroatoms. The third kappa shape index (κ3) is 3.18. The van der Waals surface area contributed by atoms with Crippen molar-refractivity contribution in [3.05, 3.63) is 24.3 Å². The molecule has 108 valence electrons. The highest BCUT2D eigenvalue weighted by Gasteiger charge is 2.24. The van der Waals surface area contributed by atoms with Crippen LogP contribution in [0.5, 0.6) is 0 Å². The van der Waals surface area contributed by atoms with Gasteiger partial charge in [0, 0.05) is 11.8 Å². The van der Waals surface area contributed by atoms with Gasteiger partial charge in [0.25, 0.3) is 5.22 Å². The fourth-order valence-corrected chi connectivity index (χ4v) is 4.08. The van der Waals surface area contributed by atoms with E-state index in [-0.39, 0.29) is 0 Å². The third-order valence-corrected chi connectivity index (χ3v) is 5.04. The number of benzene rings is 1.